The molecule has 3 nitrogen and oxygen atoms in total. The quantitative estimate of drug-likeness (QED) is 0.389. The lowest BCUT2D eigenvalue weighted by molar-refractivity contribution is 0.321. The summed E-state index contributed by atoms with van der Waals surface area (Å²) < 4.78 is 0. The third-order valence-corrected chi connectivity index (χ3v) is 1.99. The molecule has 3 heteroatoms. The number of rotatable bonds is 1. The average Bonchev–Trinajstić information content (AvgIpc) is 2.46. The zero-order valence-corrected chi connectivity index (χ0v) is 7.28. The van der Waals surface area contributed by atoms with Gasteiger partial charge in [0.1, 0.15) is 0 Å². The summed E-state index contributed by atoms with van der Waals surface area (Å²) >= 11 is 0. The number of benzene rings is 1. The minimum absolute atomic E-state index is 0.808. The molecule has 0 unspecified atom stereocenters. The van der Waals surface area contributed by atoms with Gasteiger partial charge in [0.2, 0.25) is 0 Å². The van der Waals surface area contributed by atoms with Crippen molar-refractivity contribution in [2.24, 2.45) is 5.16 Å². The number of hydrogen-bond donors (Lipinski definition) is 2. The monoisotopic (exact) mass is 174 g/mol. The van der Waals surface area contributed by atoms with Crippen LogP contribution in [-0.4, -0.2) is 16.4 Å². The first-order valence-electron chi connectivity index (χ1n) is 4.06. The number of oxime groups is 1. The van der Waals surface area contributed by atoms with E-state index in [1.807, 2.05) is 25.1 Å². The SMILES string of the molecule is Cc1ccc2[nH]c(C=NO)cc2c1. The number of aryl methyl sites for hydroxylation is 1. The van der Waals surface area contributed by atoms with Gasteiger partial charge in [0.15, 0.2) is 0 Å². The van der Waals surface area contributed by atoms with Crippen molar-refractivity contribution in [2.75, 3.05) is 0 Å². The molecule has 0 bridgehead atoms. The van der Waals surface area contributed by atoms with Crippen LogP contribution in [-0.2, 0) is 0 Å². The Hall–Kier alpha value is -1.77. The zero-order valence-electron chi connectivity index (χ0n) is 7.28. The van der Waals surface area contributed by atoms with E-state index in [9.17, 15) is 0 Å². The van der Waals surface area contributed by atoms with Gasteiger partial charge in [-0.25, -0.2) is 0 Å². The fraction of sp³-hybridized carbons (Fsp3) is 0.100. The molecule has 2 aromatic rings. The van der Waals surface area contributed by atoms with E-state index in [2.05, 4.69) is 16.2 Å². The topological polar surface area (TPSA) is 48.4 Å². The number of fused-ring (bicyclic) bond motifs is 1. The van der Waals surface area contributed by atoms with E-state index in [4.69, 9.17) is 5.21 Å². The van der Waals surface area contributed by atoms with E-state index >= 15 is 0 Å². The molecule has 0 saturated carbocycles. The molecule has 0 amide bonds. The van der Waals surface area contributed by atoms with Gasteiger partial charge in [0.05, 0.1) is 11.9 Å². The minimum atomic E-state index is 0.808. The van der Waals surface area contributed by atoms with Crippen LogP contribution in [0.15, 0.2) is 29.4 Å². The third kappa shape index (κ3) is 1.40. The number of nitrogens with one attached hydrogen (secondary N) is 1. The van der Waals surface area contributed by atoms with Crippen LogP contribution in [0.25, 0.3) is 10.9 Å². The molecule has 0 atom stereocenters. The maximum Gasteiger partial charge on any atom is 0.0896 e. The molecule has 1 heterocycles. The molecule has 2 N–H and O–H groups in total. The smallest absolute Gasteiger partial charge is 0.0896 e. The van der Waals surface area contributed by atoms with Crippen molar-refractivity contribution in [2.45, 2.75) is 6.92 Å². The molecule has 1 aromatic carbocycles. The van der Waals surface area contributed by atoms with Crippen molar-refractivity contribution >= 4 is 17.1 Å². The lowest BCUT2D eigenvalue weighted by Gasteiger charge is -1.90. The highest BCUT2D eigenvalue weighted by Crippen LogP contribution is 2.15. The van der Waals surface area contributed by atoms with Crippen molar-refractivity contribution in [3.05, 3.63) is 35.5 Å². The normalized spacial score (nSPS) is 11.5. The van der Waals surface area contributed by atoms with Gasteiger partial charge in [0, 0.05) is 10.9 Å². The summed E-state index contributed by atoms with van der Waals surface area (Å²) in [4.78, 5) is 3.11. The van der Waals surface area contributed by atoms with Gasteiger partial charge in [0.25, 0.3) is 0 Å². The van der Waals surface area contributed by atoms with E-state index < -0.39 is 0 Å². The van der Waals surface area contributed by atoms with Crippen molar-refractivity contribution in [1.82, 2.24) is 4.98 Å². The number of hydrogen-bond acceptors (Lipinski definition) is 2. The van der Waals surface area contributed by atoms with Gasteiger partial charge in [-0.3, -0.25) is 0 Å². The highest BCUT2D eigenvalue weighted by Gasteiger charge is 1.97. The average molecular weight is 174 g/mol. The molecule has 0 saturated heterocycles. The summed E-state index contributed by atoms with van der Waals surface area (Å²) in [6.45, 7) is 2.05. The summed E-state index contributed by atoms with van der Waals surface area (Å²) in [5.41, 5.74) is 3.09. The van der Waals surface area contributed by atoms with Gasteiger partial charge in [-0.15, -0.1) is 0 Å². The van der Waals surface area contributed by atoms with Crippen LogP contribution >= 0.6 is 0 Å². The van der Waals surface area contributed by atoms with Crippen molar-refractivity contribution in [1.29, 1.82) is 0 Å². The van der Waals surface area contributed by atoms with Gasteiger partial charge < -0.3 is 10.2 Å². The van der Waals surface area contributed by atoms with Crippen molar-refractivity contribution < 1.29 is 5.21 Å². The fourth-order valence-electron chi connectivity index (χ4n) is 1.41. The summed E-state index contributed by atoms with van der Waals surface area (Å²) in [7, 11) is 0. The Morgan fingerprint density at radius 1 is 1.38 bits per heavy atom. The maximum absolute atomic E-state index is 8.35. The number of aromatic nitrogens is 1. The van der Waals surface area contributed by atoms with E-state index in [0.29, 0.717) is 0 Å². The van der Waals surface area contributed by atoms with Crippen molar-refractivity contribution in [3.8, 4) is 0 Å². The molecule has 1 aromatic heterocycles. The zero-order chi connectivity index (χ0) is 9.26. The lowest BCUT2D eigenvalue weighted by atomic mass is 10.2. The van der Waals surface area contributed by atoms with Crippen LogP contribution in [0.2, 0.25) is 0 Å². The third-order valence-electron chi connectivity index (χ3n) is 1.99. The maximum atomic E-state index is 8.35. The van der Waals surface area contributed by atoms with E-state index in [1.54, 1.807) is 0 Å². The first kappa shape index (κ1) is 7.86. The van der Waals surface area contributed by atoms with Gasteiger partial charge in [-0.2, -0.15) is 0 Å². The molecular formula is C10H10N2O. The second-order valence-electron chi connectivity index (χ2n) is 3.06. The summed E-state index contributed by atoms with van der Waals surface area (Å²) in [6.07, 6.45) is 1.38. The number of H-pyrrole nitrogens is 1. The molecule has 0 aliphatic heterocycles. The first-order valence-corrected chi connectivity index (χ1v) is 4.06. The molecule has 13 heavy (non-hydrogen) atoms. The number of nitrogens with zero attached hydrogens (tertiary/aromatic N) is 1. The minimum Gasteiger partial charge on any atom is -0.411 e. The van der Waals surface area contributed by atoms with Gasteiger partial charge in [-0.05, 0) is 25.1 Å². The predicted molar refractivity (Wildman–Crippen MR) is 52.4 cm³/mol. The summed E-state index contributed by atoms with van der Waals surface area (Å²) in [5.74, 6) is 0. The van der Waals surface area contributed by atoms with Crippen molar-refractivity contribution in [3.63, 3.8) is 0 Å². The van der Waals surface area contributed by atoms with Gasteiger partial charge in [-0.1, -0.05) is 16.8 Å². The Morgan fingerprint density at radius 3 is 3.00 bits per heavy atom. The standard InChI is InChI=1S/C10H10N2O/c1-7-2-3-10-8(4-7)5-9(12-10)6-11-13/h2-6,12-13H,1H3. The largest absolute Gasteiger partial charge is 0.411 e. The molecular weight excluding hydrogens is 164 g/mol. The Kier molecular flexibility index (Phi) is 1.77. The van der Waals surface area contributed by atoms with Crippen LogP contribution in [0, 0.1) is 6.92 Å². The van der Waals surface area contributed by atoms with Gasteiger partial charge >= 0.3 is 0 Å². The van der Waals surface area contributed by atoms with Crippen LogP contribution in [0.4, 0.5) is 0 Å². The molecule has 0 radical (unpaired) electrons. The summed E-state index contributed by atoms with van der Waals surface area (Å²) in [5, 5.41) is 12.5. The molecule has 66 valence electrons. The van der Waals surface area contributed by atoms with Crippen LogP contribution < -0.4 is 0 Å². The predicted octanol–water partition coefficient (Wildman–Crippen LogP) is 2.28. The van der Waals surface area contributed by atoms with Crippen LogP contribution in [0.3, 0.4) is 0 Å². The Balaban J connectivity index is 2.62. The Bertz CT molecular complexity index is 457. The molecule has 0 aliphatic carbocycles. The lowest BCUT2D eigenvalue weighted by Crippen LogP contribution is -1.77. The van der Waals surface area contributed by atoms with Crippen LogP contribution in [0.1, 0.15) is 11.3 Å². The molecule has 0 fully saturated rings. The van der Waals surface area contributed by atoms with Crippen LogP contribution in [0.5, 0.6) is 0 Å². The first-order chi connectivity index (χ1) is 6.29. The highest BCUT2D eigenvalue weighted by atomic mass is 16.4. The Morgan fingerprint density at radius 2 is 2.23 bits per heavy atom. The van der Waals surface area contributed by atoms with E-state index in [1.165, 1.54) is 11.8 Å². The second-order valence-corrected chi connectivity index (χ2v) is 3.06. The highest BCUT2D eigenvalue weighted by molar-refractivity contribution is 5.89. The van der Waals surface area contributed by atoms with E-state index in [-0.39, 0.29) is 0 Å². The second kappa shape index (κ2) is 2.94. The molecule has 0 spiro atoms. The molecule has 0 aliphatic rings. The van der Waals surface area contributed by atoms with E-state index in [0.717, 1.165) is 16.6 Å². The number of aromatic amines is 1. The Labute approximate surface area is 75.7 Å². The molecule has 2 rings (SSSR count). The fourth-order valence-corrected chi connectivity index (χ4v) is 1.41. The summed E-state index contributed by atoms with van der Waals surface area (Å²) in [6, 6.07) is 8.08.